The molecule has 0 N–H and O–H groups in total. The summed E-state index contributed by atoms with van der Waals surface area (Å²) in [5, 5.41) is 0. The van der Waals surface area contributed by atoms with Gasteiger partial charge in [-0.2, -0.15) is 0 Å². The summed E-state index contributed by atoms with van der Waals surface area (Å²) in [5.41, 5.74) is 2.38. The normalized spacial score (nSPS) is 20.5. The Kier molecular flexibility index (Phi) is 6.14. The van der Waals surface area contributed by atoms with Crippen LogP contribution in [0.4, 0.5) is 0 Å². The molecule has 2 aromatic rings. The quantitative estimate of drug-likeness (QED) is 0.692. The van der Waals surface area contributed by atoms with Crippen LogP contribution in [0.25, 0.3) is 0 Å². The predicted molar refractivity (Wildman–Crippen MR) is 97.5 cm³/mol. The fraction of sp³-hybridized carbons (Fsp3) is 0.400. The number of hydrogen-bond donors (Lipinski definition) is 0. The van der Waals surface area contributed by atoms with E-state index in [4.69, 9.17) is 9.47 Å². The average molecular weight is 339 g/mol. The van der Waals surface area contributed by atoms with Gasteiger partial charge < -0.3 is 9.47 Å². The first-order valence-electron chi connectivity index (χ1n) is 8.65. The highest BCUT2D eigenvalue weighted by Crippen LogP contribution is 2.28. The van der Waals surface area contributed by atoms with Crippen molar-refractivity contribution in [3.63, 3.8) is 0 Å². The van der Waals surface area contributed by atoms with Gasteiger partial charge in [-0.05, 0) is 36.6 Å². The number of hydrogen-bond acceptors (Lipinski definition) is 5. The molecular formula is C20H25N3O2. The summed E-state index contributed by atoms with van der Waals surface area (Å²) >= 11 is 0. The Hall–Kier alpha value is -2.24. The molecule has 2 atom stereocenters. The minimum absolute atomic E-state index is 0.203. The third-order valence-corrected chi connectivity index (χ3v) is 4.64. The Labute approximate surface area is 149 Å². The van der Waals surface area contributed by atoms with Gasteiger partial charge in [-0.15, -0.1) is 6.58 Å². The summed E-state index contributed by atoms with van der Waals surface area (Å²) in [6.07, 6.45) is 9.43. The lowest BCUT2D eigenvalue weighted by atomic mass is 10.0. The van der Waals surface area contributed by atoms with Crippen molar-refractivity contribution >= 4 is 0 Å². The van der Waals surface area contributed by atoms with Gasteiger partial charge in [0.25, 0.3) is 0 Å². The second-order valence-electron chi connectivity index (χ2n) is 6.22. The van der Waals surface area contributed by atoms with Crippen LogP contribution in [0.5, 0.6) is 5.88 Å². The maximum absolute atomic E-state index is 6.04. The summed E-state index contributed by atoms with van der Waals surface area (Å²) in [5.74, 6) is 0.695. The van der Waals surface area contributed by atoms with E-state index in [0.717, 1.165) is 31.5 Å². The van der Waals surface area contributed by atoms with Gasteiger partial charge in [0.05, 0.1) is 19.8 Å². The lowest BCUT2D eigenvalue weighted by Crippen LogP contribution is -2.38. The third-order valence-electron chi connectivity index (χ3n) is 4.64. The van der Waals surface area contributed by atoms with Crippen LogP contribution >= 0.6 is 0 Å². The molecule has 3 heterocycles. The fourth-order valence-corrected chi connectivity index (χ4v) is 3.44. The Morgan fingerprint density at radius 3 is 2.88 bits per heavy atom. The highest BCUT2D eigenvalue weighted by molar-refractivity contribution is 5.25. The minimum Gasteiger partial charge on any atom is -0.481 e. The van der Waals surface area contributed by atoms with Crippen molar-refractivity contribution in [2.45, 2.75) is 31.5 Å². The van der Waals surface area contributed by atoms with Crippen LogP contribution in [0, 0.1) is 0 Å². The van der Waals surface area contributed by atoms with E-state index in [-0.39, 0.29) is 6.10 Å². The second-order valence-corrected chi connectivity index (χ2v) is 6.22. The first-order chi connectivity index (χ1) is 12.3. The van der Waals surface area contributed by atoms with Gasteiger partial charge in [0.1, 0.15) is 0 Å². The molecule has 0 amide bonds. The molecule has 3 rings (SSSR count). The van der Waals surface area contributed by atoms with Crippen molar-refractivity contribution in [3.8, 4) is 5.88 Å². The first kappa shape index (κ1) is 17.6. The summed E-state index contributed by atoms with van der Waals surface area (Å²) in [7, 11) is 1.67. The smallest absolute Gasteiger partial charge is 0.217 e. The number of aromatic nitrogens is 2. The van der Waals surface area contributed by atoms with Crippen LogP contribution in [-0.4, -0.2) is 47.3 Å². The van der Waals surface area contributed by atoms with Crippen molar-refractivity contribution in [1.29, 1.82) is 0 Å². The topological polar surface area (TPSA) is 47.5 Å². The molecular weight excluding hydrogens is 314 g/mol. The standard InChI is InChI=1S/C20H25N3O2/c1-3-13-25-19-8-12-23(15-17-5-4-9-22-20(17)24-2)18(19)14-16-6-10-21-11-7-16/h3-7,9-11,18-19H,1,8,12-15H2,2H3/t18-,19-/m1/s1. The van der Waals surface area contributed by atoms with E-state index in [1.165, 1.54) is 5.56 Å². The zero-order valence-electron chi connectivity index (χ0n) is 14.7. The SMILES string of the molecule is C=CCO[C@@H]1CCN(Cc2cccnc2OC)[C@@H]1Cc1ccncc1. The number of likely N-dealkylation sites (tertiary alicyclic amines) is 1. The lowest BCUT2D eigenvalue weighted by Gasteiger charge is -2.28. The van der Waals surface area contributed by atoms with Crippen molar-refractivity contribution < 1.29 is 9.47 Å². The van der Waals surface area contributed by atoms with E-state index in [1.807, 2.05) is 24.5 Å². The zero-order chi connectivity index (χ0) is 17.5. The van der Waals surface area contributed by atoms with Crippen molar-refractivity contribution in [1.82, 2.24) is 14.9 Å². The monoisotopic (exact) mass is 339 g/mol. The zero-order valence-corrected chi connectivity index (χ0v) is 14.7. The molecule has 25 heavy (non-hydrogen) atoms. The number of pyridine rings is 2. The Balaban J connectivity index is 1.77. The van der Waals surface area contributed by atoms with Gasteiger partial charge in [0.15, 0.2) is 0 Å². The molecule has 1 fully saturated rings. The highest BCUT2D eigenvalue weighted by Gasteiger charge is 2.35. The molecule has 132 valence electrons. The molecule has 0 saturated carbocycles. The van der Waals surface area contributed by atoms with Crippen LogP contribution < -0.4 is 4.74 Å². The molecule has 0 aliphatic carbocycles. The number of methoxy groups -OCH3 is 1. The molecule has 5 nitrogen and oxygen atoms in total. The molecule has 5 heteroatoms. The van der Waals surface area contributed by atoms with Gasteiger partial charge >= 0.3 is 0 Å². The maximum atomic E-state index is 6.04. The van der Waals surface area contributed by atoms with E-state index in [0.29, 0.717) is 18.5 Å². The van der Waals surface area contributed by atoms with E-state index in [9.17, 15) is 0 Å². The first-order valence-corrected chi connectivity index (χ1v) is 8.65. The molecule has 0 bridgehead atoms. The maximum Gasteiger partial charge on any atom is 0.217 e. The Bertz CT molecular complexity index is 678. The van der Waals surface area contributed by atoms with E-state index < -0.39 is 0 Å². The second kappa shape index (κ2) is 8.74. The molecule has 2 aromatic heterocycles. The van der Waals surface area contributed by atoms with Crippen LogP contribution in [0.1, 0.15) is 17.5 Å². The van der Waals surface area contributed by atoms with E-state index in [1.54, 1.807) is 13.3 Å². The molecule has 0 unspecified atom stereocenters. The Morgan fingerprint density at radius 2 is 2.12 bits per heavy atom. The van der Waals surface area contributed by atoms with Crippen molar-refractivity contribution in [3.05, 3.63) is 66.6 Å². The van der Waals surface area contributed by atoms with Gasteiger partial charge in [0.2, 0.25) is 5.88 Å². The van der Waals surface area contributed by atoms with Gasteiger partial charge in [0, 0.05) is 43.3 Å². The largest absolute Gasteiger partial charge is 0.481 e. The fourth-order valence-electron chi connectivity index (χ4n) is 3.44. The van der Waals surface area contributed by atoms with E-state index >= 15 is 0 Å². The van der Waals surface area contributed by atoms with Crippen molar-refractivity contribution in [2.75, 3.05) is 20.3 Å². The highest BCUT2D eigenvalue weighted by atomic mass is 16.5. The molecule has 1 aliphatic rings. The number of rotatable bonds is 8. The molecule has 1 saturated heterocycles. The lowest BCUT2D eigenvalue weighted by molar-refractivity contribution is 0.0420. The van der Waals surface area contributed by atoms with Crippen LogP contribution in [0.15, 0.2) is 55.5 Å². The molecule has 0 radical (unpaired) electrons. The average Bonchev–Trinajstić information content (AvgIpc) is 3.03. The van der Waals surface area contributed by atoms with Gasteiger partial charge in [-0.25, -0.2) is 4.98 Å². The van der Waals surface area contributed by atoms with Crippen LogP contribution in [-0.2, 0) is 17.7 Å². The number of ether oxygens (including phenoxy) is 2. The number of nitrogens with zero attached hydrogens (tertiary/aromatic N) is 3. The third kappa shape index (κ3) is 4.44. The van der Waals surface area contributed by atoms with Crippen LogP contribution in [0.2, 0.25) is 0 Å². The predicted octanol–water partition coefficient (Wildman–Crippen LogP) is 2.87. The summed E-state index contributed by atoms with van der Waals surface area (Å²) < 4.78 is 11.4. The summed E-state index contributed by atoms with van der Waals surface area (Å²) in [4.78, 5) is 10.9. The van der Waals surface area contributed by atoms with Gasteiger partial charge in [-0.3, -0.25) is 9.88 Å². The van der Waals surface area contributed by atoms with Gasteiger partial charge in [-0.1, -0.05) is 12.1 Å². The minimum atomic E-state index is 0.203. The molecule has 0 aromatic carbocycles. The molecule has 0 spiro atoms. The summed E-state index contributed by atoms with van der Waals surface area (Å²) in [6.45, 7) is 6.16. The van der Waals surface area contributed by atoms with E-state index in [2.05, 4.69) is 39.6 Å². The Morgan fingerprint density at radius 1 is 1.28 bits per heavy atom. The summed E-state index contributed by atoms with van der Waals surface area (Å²) in [6, 6.07) is 8.49. The molecule has 1 aliphatic heterocycles. The van der Waals surface area contributed by atoms with Crippen molar-refractivity contribution in [2.24, 2.45) is 0 Å². The van der Waals surface area contributed by atoms with Crippen LogP contribution in [0.3, 0.4) is 0 Å².